The minimum absolute atomic E-state index is 0.206. The Morgan fingerprint density at radius 1 is 1.19 bits per heavy atom. The molecule has 4 nitrogen and oxygen atoms in total. The number of rotatable bonds is 5. The highest BCUT2D eigenvalue weighted by Crippen LogP contribution is 2.14. The van der Waals surface area contributed by atoms with Gasteiger partial charge in [0.1, 0.15) is 4.99 Å². The minimum Gasteiger partial charge on any atom is -0.389 e. The Hall–Kier alpha value is -2.24. The van der Waals surface area contributed by atoms with Gasteiger partial charge in [-0.3, -0.25) is 4.79 Å². The Labute approximate surface area is 128 Å². The molecule has 0 bridgehead atoms. The first-order valence-corrected chi connectivity index (χ1v) is 6.80. The van der Waals surface area contributed by atoms with Crippen LogP contribution in [0.1, 0.15) is 21.5 Å². The molecule has 0 atom stereocenters. The van der Waals surface area contributed by atoms with E-state index >= 15 is 0 Å². The summed E-state index contributed by atoms with van der Waals surface area (Å²) in [6.45, 7) is 0.501. The van der Waals surface area contributed by atoms with Gasteiger partial charge in [0.25, 0.3) is 5.91 Å². The van der Waals surface area contributed by atoms with Gasteiger partial charge in [-0.05, 0) is 29.8 Å². The molecule has 0 aliphatic carbocycles. The number of thiocarbonyl (C=S) groups is 1. The molecule has 0 saturated carbocycles. The number of amides is 1. The molecule has 0 unspecified atom stereocenters. The van der Waals surface area contributed by atoms with Gasteiger partial charge in [0.15, 0.2) is 0 Å². The summed E-state index contributed by atoms with van der Waals surface area (Å²) in [4.78, 5) is 12.5. The van der Waals surface area contributed by atoms with Crippen LogP contribution in [0.15, 0.2) is 48.5 Å². The Morgan fingerprint density at radius 3 is 2.62 bits per heavy atom. The standard InChI is InChI=1S/C16H16N2O2S/c1-20-10-11-4-2-7-14(8-11)18-16(19)13-6-3-5-12(9-13)15(17)21/h2-9H,10H2,1H3,(H2,17,21)(H,18,19). The van der Waals surface area contributed by atoms with E-state index in [0.29, 0.717) is 17.7 Å². The topological polar surface area (TPSA) is 64.3 Å². The maximum absolute atomic E-state index is 12.2. The Morgan fingerprint density at radius 2 is 1.90 bits per heavy atom. The summed E-state index contributed by atoms with van der Waals surface area (Å²) in [5, 5.41) is 2.84. The maximum atomic E-state index is 12.2. The van der Waals surface area contributed by atoms with Crippen LogP contribution in [0, 0.1) is 0 Å². The highest BCUT2D eigenvalue weighted by atomic mass is 32.1. The predicted molar refractivity (Wildman–Crippen MR) is 87.4 cm³/mol. The van der Waals surface area contributed by atoms with Gasteiger partial charge in [0, 0.05) is 23.9 Å². The number of hydrogen-bond acceptors (Lipinski definition) is 3. The number of nitrogens with one attached hydrogen (secondary N) is 1. The van der Waals surface area contributed by atoms with Crippen LogP contribution < -0.4 is 11.1 Å². The molecule has 0 aromatic heterocycles. The van der Waals surface area contributed by atoms with Crippen molar-refractivity contribution in [3.05, 3.63) is 65.2 Å². The van der Waals surface area contributed by atoms with E-state index in [1.165, 1.54) is 0 Å². The lowest BCUT2D eigenvalue weighted by Crippen LogP contribution is -2.14. The largest absolute Gasteiger partial charge is 0.389 e. The fourth-order valence-corrected chi connectivity index (χ4v) is 2.05. The molecule has 21 heavy (non-hydrogen) atoms. The van der Waals surface area contributed by atoms with Gasteiger partial charge in [0.2, 0.25) is 0 Å². The summed E-state index contributed by atoms with van der Waals surface area (Å²) in [6.07, 6.45) is 0. The second kappa shape index (κ2) is 6.97. The number of ether oxygens (including phenoxy) is 1. The lowest BCUT2D eigenvalue weighted by atomic mass is 10.1. The van der Waals surface area contributed by atoms with Crippen molar-refractivity contribution in [2.45, 2.75) is 6.61 Å². The number of hydrogen-bond donors (Lipinski definition) is 2. The number of nitrogens with two attached hydrogens (primary N) is 1. The zero-order valence-corrected chi connectivity index (χ0v) is 12.4. The van der Waals surface area contributed by atoms with Crippen molar-refractivity contribution in [1.29, 1.82) is 0 Å². The van der Waals surface area contributed by atoms with Gasteiger partial charge >= 0.3 is 0 Å². The molecule has 2 aromatic carbocycles. The first-order chi connectivity index (χ1) is 10.1. The van der Waals surface area contributed by atoms with Crippen molar-refractivity contribution in [2.75, 3.05) is 12.4 Å². The van der Waals surface area contributed by atoms with Gasteiger partial charge in [-0.25, -0.2) is 0 Å². The highest BCUT2D eigenvalue weighted by molar-refractivity contribution is 7.80. The summed E-state index contributed by atoms with van der Waals surface area (Å²) in [5.41, 5.74) is 8.47. The van der Waals surface area contributed by atoms with E-state index in [1.807, 2.05) is 24.3 Å². The number of methoxy groups -OCH3 is 1. The Balaban J connectivity index is 2.16. The lowest BCUT2D eigenvalue weighted by molar-refractivity contribution is 0.102. The summed E-state index contributed by atoms with van der Waals surface area (Å²) >= 11 is 4.92. The van der Waals surface area contributed by atoms with E-state index in [2.05, 4.69) is 5.32 Å². The van der Waals surface area contributed by atoms with Crippen LogP contribution in [0.4, 0.5) is 5.69 Å². The maximum Gasteiger partial charge on any atom is 0.255 e. The van der Waals surface area contributed by atoms with Gasteiger partial charge in [0.05, 0.1) is 6.61 Å². The second-order valence-electron chi connectivity index (χ2n) is 4.53. The lowest BCUT2D eigenvalue weighted by Gasteiger charge is -2.08. The molecule has 0 radical (unpaired) electrons. The molecule has 0 heterocycles. The predicted octanol–water partition coefficient (Wildman–Crippen LogP) is 2.72. The van der Waals surface area contributed by atoms with Crippen LogP contribution in [-0.4, -0.2) is 18.0 Å². The van der Waals surface area contributed by atoms with Crippen molar-refractivity contribution in [3.8, 4) is 0 Å². The van der Waals surface area contributed by atoms with Gasteiger partial charge in [-0.15, -0.1) is 0 Å². The van der Waals surface area contributed by atoms with Crippen LogP contribution in [0.3, 0.4) is 0 Å². The third kappa shape index (κ3) is 4.11. The van der Waals surface area contributed by atoms with E-state index in [1.54, 1.807) is 31.4 Å². The number of carbonyl (C=O) groups is 1. The monoisotopic (exact) mass is 300 g/mol. The fraction of sp³-hybridized carbons (Fsp3) is 0.125. The van der Waals surface area contributed by atoms with E-state index < -0.39 is 0 Å². The molecule has 0 spiro atoms. The van der Waals surface area contributed by atoms with E-state index in [9.17, 15) is 4.79 Å². The molecule has 3 N–H and O–H groups in total. The molecule has 0 aliphatic rings. The summed E-state index contributed by atoms with van der Waals surface area (Å²) in [5.74, 6) is -0.206. The van der Waals surface area contributed by atoms with E-state index in [-0.39, 0.29) is 10.9 Å². The molecule has 1 amide bonds. The van der Waals surface area contributed by atoms with Crippen molar-refractivity contribution in [1.82, 2.24) is 0 Å². The molecule has 2 aromatic rings. The third-order valence-corrected chi connectivity index (χ3v) is 3.14. The molecule has 2 rings (SSSR count). The van der Waals surface area contributed by atoms with Crippen LogP contribution in [-0.2, 0) is 11.3 Å². The number of carbonyl (C=O) groups excluding carboxylic acids is 1. The zero-order valence-electron chi connectivity index (χ0n) is 11.6. The number of anilines is 1. The Kier molecular flexibility index (Phi) is 5.03. The van der Waals surface area contributed by atoms with E-state index in [4.69, 9.17) is 22.7 Å². The van der Waals surface area contributed by atoms with E-state index in [0.717, 1.165) is 11.3 Å². The van der Waals surface area contributed by atoms with Crippen molar-refractivity contribution >= 4 is 28.8 Å². The summed E-state index contributed by atoms with van der Waals surface area (Å²) in [6, 6.07) is 14.4. The average Bonchev–Trinajstić information content (AvgIpc) is 2.48. The first kappa shape index (κ1) is 15.2. The molecule has 0 fully saturated rings. The minimum atomic E-state index is -0.206. The van der Waals surface area contributed by atoms with Gasteiger partial charge in [-0.1, -0.05) is 36.5 Å². The molecular weight excluding hydrogens is 284 g/mol. The first-order valence-electron chi connectivity index (χ1n) is 6.39. The quantitative estimate of drug-likeness (QED) is 0.833. The van der Waals surface area contributed by atoms with Gasteiger partial charge < -0.3 is 15.8 Å². The summed E-state index contributed by atoms with van der Waals surface area (Å²) in [7, 11) is 1.63. The van der Waals surface area contributed by atoms with Crippen molar-refractivity contribution in [2.24, 2.45) is 5.73 Å². The van der Waals surface area contributed by atoms with Crippen LogP contribution >= 0.6 is 12.2 Å². The highest BCUT2D eigenvalue weighted by Gasteiger charge is 2.08. The second-order valence-corrected chi connectivity index (χ2v) is 4.97. The molecule has 0 saturated heterocycles. The SMILES string of the molecule is COCc1cccc(NC(=O)c2cccc(C(N)=S)c2)c1. The summed E-state index contributed by atoms with van der Waals surface area (Å²) < 4.78 is 5.07. The van der Waals surface area contributed by atoms with Gasteiger partial charge in [-0.2, -0.15) is 0 Å². The fourth-order valence-electron chi connectivity index (χ4n) is 1.92. The van der Waals surface area contributed by atoms with Crippen LogP contribution in [0.2, 0.25) is 0 Å². The van der Waals surface area contributed by atoms with Crippen LogP contribution in [0.25, 0.3) is 0 Å². The van der Waals surface area contributed by atoms with Crippen LogP contribution in [0.5, 0.6) is 0 Å². The molecule has 0 aliphatic heterocycles. The Bertz CT molecular complexity index is 671. The number of benzene rings is 2. The normalized spacial score (nSPS) is 10.1. The molecule has 5 heteroatoms. The van der Waals surface area contributed by atoms with Crippen molar-refractivity contribution in [3.63, 3.8) is 0 Å². The smallest absolute Gasteiger partial charge is 0.255 e. The average molecular weight is 300 g/mol. The molecule has 108 valence electrons. The van der Waals surface area contributed by atoms with Crippen molar-refractivity contribution < 1.29 is 9.53 Å². The zero-order chi connectivity index (χ0) is 15.2. The third-order valence-electron chi connectivity index (χ3n) is 2.91. The molecular formula is C16H16N2O2S.